The Balaban J connectivity index is 1.36. The van der Waals surface area contributed by atoms with Crippen LogP contribution in [-0.2, 0) is 27.3 Å². The first-order chi connectivity index (χ1) is 16.1. The average molecular weight is 479 g/mol. The smallest absolute Gasteiger partial charge is 0.311 e. The number of nitrogens with zero attached hydrogens (tertiary/aromatic N) is 1. The molecule has 0 spiro atoms. The van der Waals surface area contributed by atoms with Crippen molar-refractivity contribution in [1.29, 1.82) is 0 Å². The van der Waals surface area contributed by atoms with Gasteiger partial charge in [0.2, 0.25) is 0 Å². The largest absolute Gasteiger partial charge is 0.497 e. The van der Waals surface area contributed by atoms with Gasteiger partial charge in [-0.3, -0.25) is 9.59 Å². The van der Waals surface area contributed by atoms with Gasteiger partial charge < -0.3 is 14.8 Å². The Hall–Kier alpha value is -3.49. The Bertz CT molecular complexity index is 1220. The predicted octanol–water partition coefficient (Wildman–Crippen LogP) is 4.95. The highest BCUT2D eigenvalue weighted by Gasteiger charge is 2.19. The van der Waals surface area contributed by atoms with E-state index < -0.39 is 5.97 Å². The SMILES string of the molecule is COc1cccc(CNC(=O)COC(=O)Cc2sc(-c3ccccc3)nc2-c2cccs2)c1. The summed E-state index contributed by atoms with van der Waals surface area (Å²) in [6, 6.07) is 21.2. The fourth-order valence-electron chi connectivity index (χ4n) is 3.14. The molecule has 4 rings (SSSR count). The molecule has 1 N–H and O–H groups in total. The number of carbonyl (C=O) groups is 2. The van der Waals surface area contributed by atoms with Crippen LogP contribution in [-0.4, -0.2) is 30.6 Å². The number of hydrogen-bond donors (Lipinski definition) is 1. The van der Waals surface area contributed by atoms with E-state index in [1.807, 2.05) is 72.1 Å². The standard InChI is InChI=1S/C25H22N2O4S2/c1-30-19-10-5-7-17(13-19)15-26-22(28)16-31-23(29)14-21-24(20-11-6-12-32-20)27-25(33-21)18-8-3-2-4-9-18/h2-13H,14-16H2,1H3,(H,26,28). The van der Waals surface area contributed by atoms with Crippen LogP contribution in [0, 0.1) is 0 Å². The molecule has 0 saturated carbocycles. The van der Waals surface area contributed by atoms with Crippen LogP contribution in [0.2, 0.25) is 0 Å². The molecule has 0 saturated heterocycles. The lowest BCUT2D eigenvalue weighted by Gasteiger charge is -2.08. The van der Waals surface area contributed by atoms with E-state index in [2.05, 4.69) is 5.32 Å². The fourth-order valence-corrected chi connectivity index (χ4v) is 5.02. The molecule has 0 fully saturated rings. The van der Waals surface area contributed by atoms with Gasteiger partial charge in [0.05, 0.1) is 24.1 Å². The monoisotopic (exact) mass is 478 g/mol. The van der Waals surface area contributed by atoms with E-state index in [1.165, 1.54) is 11.3 Å². The molecule has 2 aromatic carbocycles. The Labute approximate surface area is 199 Å². The molecule has 168 valence electrons. The molecule has 33 heavy (non-hydrogen) atoms. The highest BCUT2D eigenvalue weighted by atomic mass is 32.1. The molecule has 4 aromatic rings. The summed E-state index contributed by atoms with van der Waals surface area (Å²) in [5.41, 5.74) is 2.68. The highest BCUT2D eigenvalue weighted by Crippen LogP contribution is 2.36. The molecule has 2 aromatic heterocycles. The van der Waals surface area contributed by atoms with Crippen molar-refractivity contribution in [1.82, 2.24) is 10.3 Å². The minimum Gasteiger partial charge on any atom is -0.497 e. The molecule has 1 amide bonds. The molecule has 0 aliphatic carbocycles. The third-order valence-corrected chi connectivity index (χ3v) is 6.75. The maximum atomic E-state index is 12.5. The summed E-state index contributed by atoms with van der Waals surface area (Å²) < 4.78 is 10.4. The van der Waals surface area contributed by atoms with E-state index in [-0.39, 0.29) is 18.9 Å². The summed E-state index contributed by atoms with van der Waals surface area (Å²) in [4.78, 5) is 31.2. The fraction of sp³-hybridized carbons (Fsp3) is 0.160. The number of thiophene rings is 1. The van der Waals surface area contributed by atoms with Crippen molar-refractivity contribution < 1.29 is 19.1 Å². The van der Waals surface area contributed by atoms with Gasteiger partial charge in [0.1, 0.15) is 10.8 Å². The van der Waals surface area contributed by atoms with Crippen LogP contribution in [0.3, 0.4) is 0 Å². The first-order valence-corrected chi connectivity index (χ1v) is 12.0. The van der Waals surface area contributed by atoms with Crippen molar-refractivity contribution in [3.05, 3.63) is 82.6 Å². The zero-order chi connectivity index (χ0) is 23.0. The van der Waals surface area contributed by atoms with Gasteiger partial charge in [0, 0.05) is 17.0 Å². The number of aromatic nitrogens is 1. The van der Waals surface area contributed by atoms with Crippen molar-refractivity contribution in [2.24, 2.45) is 0 Å². The van der Waals surface area contributed by atoms with E-state index >= 15 is 0 Å². The van der Waals surface area contributed by atoms with Crippen LogP contribution in [0.4, 0.5) is 0 Å². The zero-order valence-corrected chi connectivity index (χ0v) is 19.6. The van der Waals surface area contributed by atoms with Crippen molar-refractivity contribution in [2.45, 2.75) is 13.0 Å². The summed E-state index contributed by atoms with van der Waals surface area (Å²) >= 11 is 3.04. The second-order valence-electron chi connectivity index (χ2n) is 7.10. The Morgan fingerprint density at radius 2 is 1.88 bits per heavy atom. The van der Waals surface area contributed by atoms with E-state index in [0.717, 1.165) is 31.6 Å². The lowest BCUT2D eigenvalue weighted by atomic mass is 10.2. The predicted molar refractivity (Wildman–Crippen MR) is 130 cm³/mol. The third-order valence-electron chi connectivity index (χ3n) is 4.77. The number of hydrogen-bond acceptors (Lipinski definition) is 7. The number of carbonyl (C=O) groups excluding carboxylic acids is 2. The van der Waals surface area contributed by atoms with Crippen molar-refractivity contribution >= 4 is 34.6 Å². The quantitative estimate of drug-likeness (QED) is 0.345. The lowest BCUT2D eigenvalue weighted by Crippen LogP contribution is -2.28. The second-order valence-corrected chi connectivity index (χ2v) is 9.13. The normalized spacial score (nSPS) is 10.6. The van der Waals surface area contributed by atoms with Gasteiger partial charge in [-0.2, -0.15) is 0 Å². The molecule has 6 nitrogen and oxygen atoms in total. The zero-order valence-electron chi connectivity index (χ0n) is 17.9. The number of benzene rings is 2. The first-order valence-electron chi connectivity index (χ1n) is 10.3. The molecule has 0 unspecified atom stereocenters. The van der Waals surface area contributed by atoms with Gasteiger partial charge in [-0.15, -0.1) is 22.7 Å². The number of rotatable bonds is 9. The highest BCUT2D eigenvalue weighted by molar-refractivity contribution is 7.17. The summed E-state index contributed by atoms with van der Waals surface area (Å²) in [5.74, 6) is -0.110. The number of thiazole rings is 1. The topological polar surface area (TPSA) is 77.5 Å². The minimum absolute atomic E-state index is 0.0564. The summed E-state index contributed by atoms with van der Waals surface area (Å²) in [6.07, 6.45) is 0.0564. The van der Waals surface area contributed by atoms with Crippen LogP contribution in [0.5, 0.6) is 5.75 Å². The Morgan fingerprint density at radius 3 is 2.64 bits per heavy atom. The van der Waals surface area contributed by atoms with Crippen LogP contribution >= 0.6 is 22.7 Å². The molecule has 0 aliphatic heterocycles. The van der Waals surface area contributed by atoms with Gasteiger partial charge in [-0.05, 0) is 29.1 Å². The summed E-state index contributed by atoms with van der Waals surface area (Å²) in [5, 5.41) is 5.57. The molecule has 0 aliphatic rings. The Kier molecular flexibility index (Phi) is 7.49. The lowest BCUT2D eigenvalue weighted by molar-refractivity contribution is -0.147. The maximum absolute atomic E-state index is 12.5. The van der Waals surface area contributed by atoms with Crippen LogP contribution < -0.4 is 10.1 Å². The number of amides is 1. The van der Waals surface area contributed by atoms with Gasteiger partial charge in [0.15, 0.2) is 6.61 Å². The summed E-state index contributed by atoms with van der Waals surface area (Å²) in [6.45, 7) is -0.00707. The molecule has 0 bridgehead atoms. The number of esters is 1. The first kappa shape index (κ1) is 22.7. The van der Waals surface area contributed by atoms with Crippen LogP contribution in [0.1, 0.15) is 10.4 Å². The molecular weight excluding hydrogens is 456 g/mol. The number of nitrogens with one attached hydrogen (secondary N) is 1. The summed E-state index contributed by atoms with van der Waals surface area (Å²) in [7, 11) is 1.59. The average Bonchev–Trinajstić information content (AvgIpc) is 3.52. The van der Waals surface area contributed by atoms with E-state index in [4.69, 9.17) is 14.5 Å². The molecule has 8 heteroatoms. The van der Waals surface area contributed by atoms with Gasteiger partial charge in [-0.25, -0.2) is 4.98 Å². The van der Waals surface area contributed by atoms with Crippen LogP contribution in [0.25, 0.3) is 21.1 Å². The number of ether oxygens (including phenoxy) is 2. The van der Waals surface area contributed by atoms with Crippen molar-refractivity contribution in [3.8, 4) is 26.9 Å². The maximum Gasteiger partial charge on any atom is 0.311 e. The van der Waals surface area contributed by atoms with Crippen molar-refractivity contribution in [3.63, 3.8) is 0 Å². The van der Waals surface area contributed by atoms with Gasteiger partial charge in [0.25, 0.3) is 5.91 Å². The second kappa shape index (κ2) is 10.9. The van der Waals surface area contributed by atoms with E-state index in [1.54, 1.807) is 18.4 Å². The number of methoxy groups -OCH3 is 1. The molecule has 0 radical (unpaired) electrons. The molecular formula is C25H22N2O4S2. The van der Waals surface area contributed by atoms with Gasteiger partial charge in [-0.1, -0.05) is 48.5 Å². The third kappa shape index (κ3) is 6.06. The molecule has 2 heterocycles. The van der Waals surface area contributed by atoms with Crippen molar-refractivity contribution in [2.75, 3.05) is 13.7 Å². The minimum atomic E-state index is -0.465. The van der Waals surface area contributed by atoms with E-state index in [0.29, 0.717) is 12.3 Å². The van der Waals surface area contributed by atoms with E-state index in [9.17, 15) is 9.59 Å². The van der Waals surface area contributed by atoms with Crippen LogP contribution in [0.15, 0.2) is 72.1 Å². The van der Waals surface area contributed by atoms with Gasteiger partial charge >= 0.3 is 5.97 Å². The Morgan fingerprint density at radius 1 is 1.03 bits per heavy atom. The molecule has 0 atom stereocenters.